The van der Waals surface area contributed by atoms with E-state index in [1.807, 2.05) is 25.2 Å². The quantitative estimate of drug-likeness (QED) is 0.828. The van der Waals surface area contributed by atoms with Gasteiger partial charge in [-0.15, -0.1) is 0 Å². The molecule has 0 aliphatic carbocycles. The normalized spacial score (nSPS) is 23.4. The van der Waals surface area contributed by atoms with Crippen LogP contribution in [0.4, 0.5) is 5.69 Å². The van der Waals surface area contributed by atoms with Crippen molar-refractivity contribution in [1.82, 2.24) is 5.32 Å². The highest BCUT2D eigenvalue weighted by molar-refractivity contribution is 5.95. The first kappa shape index (κ1) is 13.1. The van der Waals surface area contributed by atoms with Crippen molar-refractivity contribution in [1.29, 1.82) is 0 Å². The average molecular weight is 246 g/mol. The van der Waals surface area contributed by atoms with Crippen molar-refractivity contribution in [2.75, 3.05) is 25.0 Å². The first-order valence-corrected chi connectivity index (χ1v) is 6.65. The minimum absolute atomic E-state index is 0.135. The highest BCUT2D eigenvalue weighted by atomic mass is 16.1. The third kappa shape index (κ3) is 2.56. The third-order valence-electron chi connectivity index (χ3n) is 3.97. The molecule has 2 atom stereocenters. The van der Waals surface area contributed by atoms with E-state index in [-0.39, 0.29) is 5.78 Å². The molecular weight excluding hydrogens is 224 g/mol. The first-order chi connectivity index (χ1) is 8.63. The molecule has 0 radical (unpaired) electrons. The number of ketones is 1. The van der Waals surface area contributed by atoms with E-state index in [9.17, 15) is 4.79 Å². The van der Waals surface area contributed by atoms with Crippen LogP contribution < -0.4 is 10.2 Å². The molecule has 0 aromatic heterocycles. The number of hydrogen-bond donors (Lipinski definition) is 1. The Labute approximate surface area is 109 Å². The van der Waals surface area contributed by atoms with Gasteiger partial charge in [-0.05, 0) is 51.9 Å². The Kier molecular flexibility index (Phi) is 4.02. The van der Waals surface area contributed by atoms with E-state index in [1.54, 1.807) is 6.92 Å². The van der Waals surface area contributed by atoms with Crippen molar-refractivity contribution >= 4 is 11.5 Å². The molecule has 0 spiro atoms. The fourth-order valence-electron chi connectivity index (χ4n) is 2.81. The molecule has 3 nitrogen and oxygen atoms in total. The first-order valence-electron chi connectivity index (χ1n) is 6.65. The minimum atomic E-state index is 0.135. The molecule has 1 aromatic rings. The SMILES string of the molecule is CNCC1CCN(c2cccc(C(C)=O)c2)C1C. The average Bonchev–Trinajstić information content (AvgIpc) is 2.72. The summed E-state index contributed by atoms with van der Waals surface area (Å²) in [4.78, 5) is 13.8. The Hall–Kier alpha value is -1.35. The predicted molar refractivity (Wildman–Crippen MR) is 75.3 cm³/mol. The molecule has 0 saturated carbocycles. The van der Waals surface area contributed by atoms with Gasteiger partial charge in [0.1, 0.15) is 0 Å². The standard InChI is InChI=1S/C15H22N2O/c1-11-14(10-16-3)7-8-17(11)15-6-4-5-13(9-15)12(2)18/h4-6,9,11,14,16H,7-8,10H2,1-3H3. The van der Waals surface area contributed by atoms with E-state index >= 15 is 0 Å². The van der Waals surface area contributed by atoms with Crippen LogP contribution in [0, 0.1) is 5.92 Å². The second kappa shape index (κ2) is 5.53. The zero-order valence-corrected chi connectivity index (χ0v) is 11.4. The Bertz CT molecular complexity index is 430. The fraction of sp³-hybridized carbons (Fsp3) is 0.533. The van der Waals surface area contributed by atoms with Crippen molar-refractivity contribution < 1.29 is 4.79 Å². The molecule has 1 fully saturated rings. The maximum Gasteiger partial charge on any atom is 0.159 e. The molecule has 1 aliphatic rings. The van der Waals surface area contributed by atoms with Gasteiger partial charge in [-0.1, -0.05) is 12.1 Å². The van der Waals surface area contributed by atoms with Crippen molar-refractivity contribution in [2.24, 2.45) is 5.92 Å². The molecule has 2 rings (SSSR count). The van der Waals surface area contributed by atoms with Crippen LogP contribution in [-0.4, -0.2) is 32.0 Å². The number of nitrogens with one attached hydrogen (secondary N) is 1. The van der Waals surface area contributed by atoms with Crippen molar-refractivity contribution in [3.63, 3.8) is 0 Å². The summed E-state index contributed by atoms with van der Waals surface area (Å²) in [6, 6.07) is 8.51. The van der Waals surface area contributed by atoms with Crippen LogP contribution in [0.1, 0.15) is 30.6 Å². The van der Waals surface area contributed by atoms with Gasteiger partial charge in [-0.3, -0.25) is 4.79 Å². The molecule has 18 heavy (non-hydrogen) atoms. The Morgan fingerprint density at radius 1 is 1.50 bits per heavy atom. The van der Waals surface area contributed by atoms with E-state index in [2.05, 4.69) is 23.2 Å². The topological polar surface area (TPSA) is 32.3 Å². The zero-order valence-electron chi connectivity index (χ0n) is 11.4. The highest BCUT2D eigenvalue weighted by Crippen LogP contribution is 2.29. The molecule has 98 valence electrons. The van der Waals surface area contributed by atoms with Crippen molar-refractivity contribution in [3.8, 4) is 0 Å². The van der Waals surface area contributed by atoms with Gasteiger partial charge < -0.3 is 10.2 Å². The summed E-state index contributed by atoms with van der Waals surface area (Å²) >= 11 is 0. The number of rotatable bonds is 4. The van der Waals surface area contributed by atoms with Gasteiger partial charge in [0, 0.05) is 23.8 Å². The van der Waals surface area contributed by atoms with Gasteiger partial charge in [0.15, 0.2) is 5.78 Å². The minimum Gasteiger partial charge on any atom is -0.368 e. The van der Waals surface area contributed by atoms with E-state index in [4.69, 9.17) is 0 Å². The summed E-state index contributed by atoms with van der Waals surface area (Å²) in [5, 5.41) is 3.26. The van der Waals surface area contributed by atoms with E-state index in [0.29, 0.717) is 12.0 Å². The molecule has 2 unspecified atom stereocenters. The van der Waals surface area contributed by atoms with Crippen LogP contribution >= 0.6 is 0 Å². The molecule has 0 amide bonds. The zero-order chi connectivity index (χ0) is 13.1. The van der Waals surface area contributed by atoms with E-state index < -0.39 is 0 Å². The monoisotopic (exact) mass is 246 g/mol. The lowest BCUT2D eigenvalue weighted by atomic mass is 10.0. The van der Waals surface area contributed by atoms with Crippen molar-refractivity contribution in [3.05, 3.63) is 29.8 Å². The second-order valence-electron chi connectivity index (χ2n) is 5.15. The molecule has 0 bridgehead atoms. The van der Waals surface area contributed by atoms with Gasteiger partial charge in [-0.2, -0.15) is 0 Å². The predicted octanol–water partition coefficient (Wildman–Crippen LogP) is 2.32. The van der Waals surface area contributed by atoms with Gasteiger partial charge in [0.25, 0.3) is 0 Å². The molecule has 1 N–H and O–H groups in total. The number of nitrogens with zero attached hydrogens (tertiary/aromatic N) is 1. The summed E-state index contributed by atoms with van der Waals surface area (Å²) in [6.07, 6.45) is 1.21. The van der Waals surface area contributed by atoms with E-state index in [0.717, 1.165) is 18.7 Å². The molecule has 1 aliphatic heterocycles. The van der Waals surface area contributed by atoms with Crippen LogP contribution in [0.15, 0.2) is 24.3 Å². The van der Waals surface area contributed by atoms with Crippen LogP contribution in [0.5, 0.6) is 0 Å². The lowest BCUT2D eigenvalue weighted by Gasteiger charge is -2.27. The van der Waals surface area contributed by atoms with Crippen LogP contribution in [0.25, 0.3) is 0 Å². The molecule has 3 heteroatoms. The Morgan fingerprint density at radius 3 is 2.94 bits per heavy atom. The van der Waals surface area contributed by atoms with Gasteiger partial charge >= 0.3 is 0 Å². The van der Waals surface area contributed by atoms with Gasteiger partial charge in [0.2, 0.25) is 0 Å². The van der Waals surface area contributed by atoms with Gasteiger partial charge in [0.05, 0.1) is 0 Å². The van der Waals surface area contributed by atoms with Gasteiger partial charge in [-0.25, -0.2) is 0 Å². The summed E-state index contributed by atoms with van der Waals surface area (Å²) in [5.41, 5.74) is 1.98. The summed E-state index contributed by atoms with van der Waals surface area (Å²) in [5.74, 6) is 0.825. The maximum atomic E-state index is 11.4. The number of anilines is 1. The lowest BCUT2D eigenvalue weighted by Crippen LogP contribution is -2.33. The third-order valence-corrected chi connectivity index (χ3v) is 3.97. The fourth-order valence-corrected chi connectivity index (χ4v) is 2.81. The largest absolute Gasteiger partial charge is 0.368 e. The van der Waals surface area contributed by atoms with Crippen molar-refractivity contribution in [2.45, 2.75) is 26.3 Å². The molecule has 1 heterocycles. The summed E-state index contributed by atoms with van der Waals surface area (Å²) in [6.45, 7) is 6.03. The molecular formula is C15H22N2O. The lowest BCUT2D eigenvalue weighted by molar-refractivity contribution is 0.101. The van der Waals surface area contributed by atoms with Crippen LogP contribution in [0.2, 0.25) is 0 Å². The second-order valence-corrected chi connectivity index (χ2v) is 5.15. The number of Topliss-reactive ketones (excluding diaryl/α,β-unsaturated/α-hetero) is 1. The molecule has 1 saturated heterocycles. The molecule has 1 aromatic carbocycles. The summed E-state index contributed by atoms with van der Waals surface area (Å²) in [7, 11) is 2.01. The van der Waals surface area contributed by atoms with E-state index in [1.165, 1.54) is 12.1 Å². The van der Waals surface area contributed by atoms with Crippen LogP contribution in [0.3, 0.4) is 0 Å². The smallest absolute Gasteiger partial charge is 0.159 e. The number of carbonyl (C=O) groups is 1. The summed E-state index contributed by atoms with van der Waals surface area (Å²) < 4.78 is 0. The Balaban J connectivity index is 2.17. The Morgan fingerprint density at radius 2 is 2.28 bits per heavy atom. The highest BCUT2D eigenvalue weighted by Gasteiger charge is 2.30. The number of benzene rings is 1. The maximum absolute atomic E-state index is 11.4. The number of hydrogen-bond acceptors (Lipinski definition) is 3. The number of carbonyl (C=O) groups excluding carboxylic acids is 1. The van der Waals surface area contributed by atoms with Crippen LogP contribution in [-0.2, 0) is 0 Å².